The van der Waals surface area contributed by atoms with Gasteiger partial charge in [-0.25, -0.2) is 4.98 Å². The Morgan fingerprint density at radius 3 is 2.65 bits per heavy atom. The first-order chi connectivity index (χ1) is 12.8. The lowest BCUT2D eigenvalue weighted by Gasteiger charge is -2.35. The van der Waals surface area contributed by atoms with E-state index in [4.69, 9.17) is 4.74 Å². The Bertz CT molecular complexity index is 700. The van der Waals surface area contributed by atoms with Gasteiger partial charge in [0.15, 0.2) is 0 Å². The van der Waals surface area contributed by atoms with Crippen molar-refractivity contribution in [2.24, 2.45) is 0 Å². The number of amides is 1. The van der Waals surface area contributed by atoms with Gasteiger partial charge in [0.1, 0.15) is 5.82 Å². The van der Waals surface area contributed by atoms with Crippen molar-refractivity contribution in [2.75, 3.05) is 51.3 Å². The van der Waals surface area contributed by atoms with Crippen LogP contribution in [0.3, 0.4) is 0 Å². The highest BCUT2D eigenvalue weighted by atomic mass is 16.5. The fourth-order valence-corrected chi connectivity index (χ4v) is 3.08. The van der Waals surface area contributed by atoms with Gasteiger partial charge in [0.05, 0.1) is 6.61 Å². The number of methoxy groups -OCH3 is 1. The molecule has 1 fully saturated rings. The van der Waals surface area contributed by atoms with Crippen molar-refractivity contribution in [2.45, 2.75) is 6.54 Å². The van der Waals surface area contributed by atoms with E-state index in [2.05, 4.69) is 44.4 Å². The monoisotopic (exact) mass is 354 g/mol. The Hall–Kier alpha value is -2.44. The van der Waals surface area contributed by atoms with E-state index in [1.807, 2.05) is 12.1 Å². The van der Waals surface area contributed by atoms with E-state index < -0.39 is 0 Å². The maximum atomic E-state index is 12.2. The number of hydrogen-bond donors (Lipinski definition) is 1. The third kappa shape index (κ3) is 5.03. The average Bonchev–Trinajstić information content (AvgIpc) is 2.69. The van der Waals surface area contributed by atoms with Gasteiger partial charge < -0.3 is 15.0 Å². The van der Waals surface area contributed by atoms with Gasteiger partial charge >= 0.3 is 0 Å². The molecular formula is C20H26N4O2. The van der Waals surface area contributed by atoms with Crippen LogP contribution in [0.4, 0.5) is 5.82 Å². The molecule has 6 heteroatoms. The lowest BCUT2D eigenvalue weighted by molar-refractivity contribution is 0.0937. The Balaban J connectivity index is 1.54. The van der Waals surface area contributed by atoms with Gasteiger partial charge in [-0.15, -0.1) is 0 Å². The highest BCUT2D eigenvalue weighted by Crippen LogP contribution is 2.16. The van der Waals surface area contributed by atoms with Crippen LogP contribution in [0.5, 0.6) is 0 Å². The van der Waals surface area contributed by atoms with Gasteiger partial charge in [0.2, 0.25) is 0 Å². The molecule has 0 atom stereocenters. The van der Waals surface area contributed by atoms with Crippen LogP contribution >= 0.6 is 0 Å². The van der Waals surface area contributed by atoms with Crippen molar-refractivity contribution in [1.82, 2.24) is 15.2 Å². The second kappa shape index (κ2) is 9.31. The SMILES string of the molecule is COCCNC(=O)c1ccnc(N2CCN(Cc3ccccc3)CC2)c1. The lowest BCUT2D eigenvalue weighted by atomic mass is 10.2. The Labute approximate surface area is 154 Å². The Morgan fingerprint density at radius 1 is 1.15 bits per heavy atom. The number of aromatic nitrogens is 1. The Kier molecular flexibility index (Phi) is 6.57. The predicted octanol–water partition coefficient (Wildman–Crippen LogP) is 1.78. The molecule has 0 aliphatic carbocycles. The average molecular weight is 354 g/mol. The standard InChI is InChI=1S/C20H26N4O2/c1-26-14-9-22-20(25)18-7-8-21-19(15-18)24-12-10-23(11-13-24)16-17-5-3-2-4-6-17/h2-8,15H,9-14,16H2,1H3,(H,22,25). The molecule has 2 heterocycles. The maximum absolute atomic E-state index is 12.2. The molecule has 26 heavy (non-hydrogen) atoms. The fraction of sp³-hybridized carbons (Fsp3) is 0.400. The first-order valence-electron chi connectivity index (χ1n) is 9.00. The molecule has 1 aromatic carbocycles. The highest BCUT2D eigenvalue weighted by molar-refractivity contribution is 5.94. The maximum Gasteiger partial charge on any atom is 0.251 e. The number of rotatable bonds is 7. The van der Waals surface area contributed by atoms with Crippen LogP contribution in [-0.4, -0.2) is 62.2 Å². The largest absolute Gasteiger partial charge is 0.383 e. The first-order valence-corrected chi connectivity index (χ1v) is 9.00. The lowest BCUT2D eigenvalue weighted by Crippen LogP contribution is -2.46. The molecule has 6 nitrogen and oxygen atoms in total. The topological polar surface area (TPSA) is 57.7 Å². The normalized spacial score (nSPS) is 15.0. The van der Waals surface area contributed by atoms with E-state index in [-0.39, 0.29) is 5.91 Å². The second-order valence-corrected chi connectivity index (χ2v) is 6.40. The smallest absolute Gasteiger partial charge is 0.251 e. The van der Waals surface area contributed by atoms with Gasteiger partial charge in [-0.3, -0.25) is 9.69 Å². The molecule has 0 radical (unpaired) electrons. The van der Waals surface area contributed by atoms with Crippen LogP contribution in [-0.2, 0) is 11.3 Å². The molecular weight excluding hydrogens is 328 g/mol. The summed E-state index contributed by atoms with van der Waals surface area (Å²) in [6, 6.07) is 14.2. The summed E-state index contributed by atoms with van der Waals surface area (Å²) >= 11 is 0. The number of nitrogens with zero attached hydrogens (tertiary/aromatic N) is 3. The fourth-order valence-electron chi connectivity index (χ4n) is 3.08. The zero-order valence-electron chi connectivity index (χ0n) is 15.2. The third-order valence-corrected chi connectivity index (χ3v) is 4.54. The molecule has 2 aromatic rings. The van der Waals surface area contributed by atoms with Crippen molar-refractivity contribution in [3.63, 3.8) is 0 Å². The first kappa shape index (κ1) is 18.4. The molecule has 1 N–H and O–H groups in total. The summed E-state index contributed by atoms with van der Waals surface area (Å²) in [7, 11) is 1.62. The van der Waals surface area contributed by atoms with Crippen molar-refractivity contribution in [1.29, 1.82) is 0 Å². The van der Waals surface area contributed by atoms with Crippen molar-refractivity contribution >= 4 is 11.7 Å². The number of pyridine rings is 1. The van der Waals surface area contributed by atoms with Crippen molar-refractivity contribution < 1.29 is 9.53 Å². The minimum atomic E-state index is -0.0894. The minimum Gasteiger partial charge on any atom is -0.383 e. The third-order valence-electron chi connectivity index (χ3n) is 4.54. The number of benzene rings is 1. The van der Waals surface area contributed by atoms with Gasteiger partial charge in [0.25, 0.3) is 5.91 Å². The molecule has 0 saturated carbocycles. The van der Waals surface area contributed by atoms with Crippen molar-refractivity contribution in [3.05, 3.63) is 59.8 Å². The summed E-state index contributed by atoms with van der Waals surface area (Å²) in [5, 5.41) is 2.85. The van der Waals surface area contributed by atoms with E-state index >= 15 is 0 Å². The van der Waals surface area contributed by atoms with E-state index in [1.165, 1.54) is 5.56 Å². The minimum absolute atomic E-state index is 0.0894. The summed E-state index contributed by atoms with van der Waals surface area (Å²) < 4.78 is 4.96. The van der Waals surface area contributed by atoms with E-state index in [0.717, 1.165) is 38.5 Å². The number of anilines is 1. The Morgan fingerprint density at radius 2 is 1.92 bits per heavy atom. The summed E-state index contributed by atoms with van der Waals surface area (Å²) in [5.74, 6) is 0.775. The quantitative estimate of drug-likeness (QED) is 0.768. The van der Waals surface area contributed by atoms with E-state index in [0.29, 0.717) is 18.7 Å². The zero-order valence-corrected chi connectivity index (χ0v) is 15.2. The molecule has 0 spiro atoms. The molecule has 1 saturated heterocycles. The summed E-state index contributed by atoms with van der Waals surface area (Å²) in [6.45, 7) is 5.78. The van der Waals surface area contributed by atoms with Gasteiger partial charge in [0, 0.05) is 58.1 Å². The molecule has 1 aliphatic rings. The van der Waals surface area contributed by atoms with Crippen LogP contribution in [0, 0.1) is 0 Å². The molecule has 138 valence electrons. The van der Waals surface area contributed by atoms with Crippen LogP contribution in [0.25, 0.3) is 0 Å². The number of carbonyl (C=O) groups is 1. The highest BCUT2D eigenvalue weighted by Gasteiger charge is 2.19. The van der Waals surface area contributed by atoms with Gasteiger partial charge in [-0.1, -0.05) is 30.3 Å². The molecule has 1 amide bonds. The zero-order chi connectivity index (χ0) is 18.2. The molecule has 1 aliphatic heterocycles. The number of piperazine rings is 1. The summed E-state index contributed by atoms with van der Waals surface area (Å²) in [5.41, 5.74) is 1.98. The van der Waals surface area contributed by atoms with Crippen molar-refractivity contribution in [3.8, 4) is 0 Å². The van der Waals surface area contributed by atoms with Gasteiger partial charge in [-0.05, 0) is 17.7 Å². The number of hydrogen-bond acceptors (Lipinski definition) is 5. The summed E-state index contributed by atoms with van der Waals surface area (Å²) in [4.78, 5) is 21.3. The van der Waals surface area contributed by atoms with Crippen LogP contribution < -0.4 is 10.2 Å². The van der Waals surface area contributed by atoms with Crippen LogP contribution in [0.1, 0.15) is 15.9 Å². The molecule has 0 unspecified atom stereocenters. The summed E-state index contributed by atoms with van der Waals surface area (Å²) in [6.07, 6.45) is 1.71. The number of ether oxygens (including phenoxy) is 1. The molecule has 0 bridgehead atoms. The van der Waals surface area contributed by atoms with E-state index in [1.54, 1.807) is 19.4 Å². The molecule has 1 aromatic heterocycles. The number of nitrogens with one attached hydrogen (secondary N) is 1. The van der Waals surface area contributed by atoms with Crippen LogP contribution in [0.15, 0.2) is 48.7 Å². The number of carbonyl (C=O) groups excluding carboxylic acids is 1. The van der Waals surface area contributed by atoms with Gasteiger partial charge in [-0.2, -0.15) is 0 Å². The predicted molar refractivity (Wildman–Crippen MR) is 102 cm³/mol. The molecule has 3 rings (SSSR count). The van der Waals surface area contributed by atoms with E-state index in [9.17, 15) is 4.79 Å². The van der Waals surface area contributed by atoms with Crippen LogP contribution in [0.2, 0.25) is 0 Å². The second-order valence-electron chi connectivity index (χ2n) is 6.40.